The Kier molecular flexibility index (Phi) is 1.01. The molecule has 0 N–H and O–H groups in total. The van der Waals surface area contributed by atoms with Crippen molar-refractivity contribution < 1.29 is 14.3 Å². The minimum atomic E-state index is -0.444. The zero-order valence-electron chi connectivity index (χ0n) is 5.50. The first-order chi connectivity index (χ1) is 4.77. The smallest absolute Gasteiger partial charge is 0.355 e. The molecule has 1 saturated heterocycles. The quantitative estimate of drug-likeness (QED) is 0.416. The van der Waals surface area contributed by atoms with E-state index in [1.54, 1.807) is 0 Å². The van der Waals surface area contributed by atoms with Crippen LogP contribution in [-0.4, -0.2) is 18.2 Å². The second-order valence-electron chi connectivity index (χ2n) is 2.60. The topological polar surface area (TPSA) is 38.8 Å². The summed E-state index contributed by atoms with van der Waals surface area (Å²) in [5.74, 6) is 0.262. The zero-order valence-corrected chi connectivity index (χ0v) is 5.50. The molecule has 1 aliphatic carbocycles. The van der Waals surface area contributed by atoms with E-state index < -0.39 is 6.10 Å². The van der Waals surface area contributed by atoms with Gasteiger partial charge < -0.3 is 9.47 Å². The van der Waals surface area contributed by atoms with Gasteiger partial charge in [-0.1, -0.05) is 6.58 Å². The molecule has 1 unspecified atom stereocenters. The highest BCUT2D eigenvalue weighted by Gasteiger charge is 2.42. The molecule has 3 nitrogen and oxygen atoms in total. The Morgan fingerprint density at radius 3 is 2.70 bits per heavy atom. The minimum absolute atomic E-state index is 0.171. The van der Waals surface area contributed by atoms with E-state index in [4.69, 9.17) is 9.47 Å². The molecule has 0 aromatic carbocycles. The van der Waals surface area contributed by atoms with Crippen molar-refractivity contribution in [1.29, 1.82) is 0 Å². The van der Waals surface area contributed by atoms with Crippen LogP contribution >= 0.6 is 0 Å². The molecule has 1 heterocycles. The zero-order chi connectivity index (χ0) is 7.14. The maximum Gasteiger partial charge on any atom is 0.355 e. The van der Waals surface area contributed by atoms with E-state index in [1.807, 2.05) is 0 Å². The summed E-state index contributed by atoms with van der Waals surface area (Å²) in [4.78, 5) is 10.9. The van der Waals surface area contributed by atoms with Crippen molar-refractivity contribution >= 4 is 5.97 Å². The molecule has 1 saturated carbocycles. The number of esters is 1. The fourth-order valence-corrected chi connectivity index (χ4v) is 0.709. The van der Waals surface area contributed by atoms with Crippen molar-refractivity contribution in [1.82, 2.24) is 0 Å². The van der Waals surface area contributed by atoms with Crippen molar-refractivity contribution in [2.75, 3.05) is 0 Å². The van der Waals surface area contributed by atoms with E-state index in [0.29, 0.717) is 5.76 Å². The predicted molar refractivity (Wildman–Crippen MR) is 33.1 cm³/mol. The molecule has 0 aromatic rings. The van der Waals surface area contributed by atoms with Gasteiger partial charge in [-0.25, -0.2) is 4.79 Å². The first kappa shape index (κ1) is 5.77. The molecule has 1 atom stereocenters. The highest BCUT2D eigenvalue weighted by Crippen LogP contribution is 2.30. The number of carbonyl (C=O) groups excluding carboxylic acids is 1. The largest absolute Gasteiger partial charge is 0.471 e. The van der Waals surface area contributed by atoms with Gasteiger partial charge in [0.05, 0.1) is 0 Å². The van der Waals surface area contributed by atoms with Gasteiger partial charge in [0.15, 0.2) is 0 Å². The Balaban J connectivity index is 1.81. The summed E-state index contributed by atoms with van der Waals surface area (Å²) in [6, 6.07) is 0. The van der Waals surface area contributed by atoms with Gasteiger partial charge >= 0.3 is 5.97 Å². The molecular weight excluding hydrogens is 132 g/mol. The molecule has 54 valence electrons. The maximum absolute atomic E-state index is 10.9. The van der Waals surface area contributed by atoms with Gasteiger partial charge in [0, 0.05) is 0 Å². The fraction of sp³-hybridized carbons (Fsp3) is 0.571. The lowest BCUT2D eigenvalue weighted by Crippen LogP contribution is -2.11. The lowest BCUT2D eigenvalue weighted by molar-refractivity contribution is -0.146. The predicted octanol–water partition coefficient (Wildman–Crippen LogP) is 0.604. The van der Waals surface area contributed by atoms with Gasteiger partial charge in [0.2, 0.25) is 0 Å². The van der Waals surface area contributed by atoms with E-state index in [-0.39, 0.29) is 12.1 Å². The van der Waals surface area contributed by atoms with Crippen LogP contribution in [0.3, 0.4) is 0 Å². The van der Waals surface area contributed by atoms with E-state index in [2.05, 4.69) is 6.58 Å². The number of hydrogen-bond donors (Lipinski definition) is 0. The van der Waals surface area contributed by atoms with Crippen molar-refractivity contribution in [2.45, 2.75) is 25.0 Å². The van der Waals surface area contributed by atoms with E-state index in [0.717, 1.165) is 12.8 Å². The molecule has 3 heteroatoms. The summed E-state index contributed by atoms with van der Waals surface area (Å²) in [7, 11) is 0. The highest BCUT2D eigenvalue weighted by atomic mass is 16.6. The molecule has 0 aromatic heterocycles. The van der Waals surface area contributed by atoms with Crippen LogP contribution in [0.25, 0.3) is 0 Å². The second kappa shape index (κ2) is 1.75. The fourth-order valence-electron chi connectivity index (χ4n) is 0.709. The lowest BCUT2D eigenvalue weighted by Gasteiger charge is -1.95. The molecule has 2 fully saturated rings. The van der Waals surface area contributed by atoms with Crippen LogP contribution in [0.15, 0.2) is 12.3 Å². The van der Waals surface area contributed by atoms with Crippen LogP contribution in [0.2, 0.25) is 0 Å². The Bertz CT molecular complexity index is 193. The molecule has 0 radical (unpaired) electrons. The van der Waals surface area contributed by atoms with Gasteiger partial charge in [-0.3, -0.25) is 0 Å². The number of hydrogen-bond acceptors (Lipinski definition) is 3. The SMILES string of the molecule is C=C1OC1C(=O)OC1CC1. The van der Waals surface area contributed by atoms with Gasteiger partial charge in [0.25, 0.3) is 6.10 Å². The molecule has 2 rings (SSSR count). The summed E-state index contributed by atoms with van der Waals surface area (Å²) in [6.45, 7) is 3.47. The summed E-state index contributed by atoms with van der Waals surface area (Å²) in [5, 5.41) is 0. The van der Waals surface area contributed by atoms with Crippen LogP contribution in [0.5, 0.6) is 0 Å². The summed E-state index contributed by atoms with van der Waals surface area (Å²) in [6.07, 6.45) is 1.74. The van der Waals surface area contributed by atoms with Crippen molar-refractivity contribution in [3.8, 4) is 0 Å². The van der Waals surface area contributed by atoms with Crippen molar-refractivity contribution in [3.05, 3.63) is 12.3 Å². The Morgan fingerprint density at radius 1 is 1.70 bits per heavy atom. The van der Waals surface area contributed by atoms with E-state index in [9.17, 15) is 4.79 Å². The second-order valence-corrected chi connectivity index (χ2v) is 2.60. The third kappa shape index (κ3) is 0.988. The molecular formula is C7H8O3. The van der Waals surface area contributed by atoms with Gasteiger partial charge in [-0.2, -0.15) is 0 Å². The third-order valence-electron chi connectivity index (χ3n) is 1.53. The Labute approximate surface area is 58.6 Å². The number of rotatable bonds is 2. The average Bonchev–Trinajstić information content (AvgIpc) is 2.66. The number of ether oxygens (including phenoxy) is 2. The Morgan fingerprint density at radius 2 is 2.30 bits per heavy atom. The van der Waals surface area contributed by atoms with Gasteiger partial charge in [0.1, 0.15) is 11.9 Å². The summed E-state index contributed by atoms with van der Waals surface area (Å²) < 4.78 is 9.67. The van der Waals surface area contributed by atoms with Crippen LogP contribution in [0.4, 0.5) is 0 Å². The highest BCUT2D eigenvalue weighted by molar-refractivity contribution is 5.81. The van der Waals surface area contributed by atoms with Crippen LogP contribution < -0.4 is 0 Å². The van der Waals surface area contributed by atoms with Gasteiger partial charge in [-0.05, 0) is 12.8 Å². The van der Waals surface area contributed by atoms with Crippen LogP contribution in [-0.2, 0) is 14.3 Å². The summed E-state index contributed by atoms with van der Waals surface area (Å²) in [5.41, 5.74) is 0. The summed E-state index contributed by atoms with van der Waals surface area (Å²) >= 11 is 0. The molecule has 10 heavy (non-hydrogen) atoms. The van der Waals surface area contributed by atoms with Crippen LogP contribution in [0.1, 0.15) is 12.8 Å². The van der Waals surface area contributed by atoms with Crippen molar-refractivity contribution in [2.24, 2.45) is 0 Å². The van der Waals surface area contributed by atoms with Crippen molar-refractivity contribution in [3.63, 3.8) is 0 Å². The average molecular weight is 140 g/mol. The normalized spacial score (nSPS) is 29.2. The Hall–Kier alpha value is -0.990. The molecule has 1 aliphatic heterocycles. The first-order valence-electron chi connectivity index (χ1n) is 3.33. The lowest BCUT2D eigenvalue weighted by atomic mass is 10.4. The molecule has 0 spiro atoms. The molecule has 2 aliphatic rings. The number of epoxide rings is 1. The third-order valence-corrected chi connectivity index (χ3v) is 1.53. The maximum atomic E-state index is 10.9. The standard InChI is InChI=1S/C7H8O3/c1-4-6(9-4)7(8)10-5-2-3-5/h5-6H,1-3H2. The minimum Gasteiger partial charge on any atom is -0.471 e. The van der Waals surface area contributed by atoms with Crippen LogP contribution in [0, 0.1) is 0 Å². The monoisotopic (exact) mass is 140 g/mol. The van der Waals surface area contributed by atoms with Gasteiger partial charge in [-0.15, -0.1) is 0 Å². The number of carbonyl (C=O) groups is 1. The first-order valence-corrected chi connectivity index (χ1v) is 3.33. The molecule has 0 amide bonds. The molecule has 0 bridgehead atoms. The van der Waals surface area contributed by atoms with E-state index in [1.165, 1.54) is 0 Å². The van der Waals surface area contributed by atoms with E-state index >= 15 is 0 Å².